The zero-order valence-electron chi connectivity index (χ0n) is 7.68. The Kier molecular flexibility index (Phi) is 3.03. The molecule has 0 aliphatic heterocycles. The van der Waals surface area contributed by atoms with Crippen LogP contribution in [0.1, 0.15) is 5.69 Å². The minimum Gasteiger partial charge on any atom is -0.486 e. The van der Waals surface area contributed by atoms with E-state index in [-0.39, 0.29) is 0 Å². The van der Waals surface area contributed by atoms with Gasteiger partial charge in [0.2, 0.25) is 0 Å². The summed E-state index contributed by atoms with van der Waals surface area (Å²) in [6.07, 6.45) is 3.15. The normalized spacial score (nSPS) is 10.2. The van der Waals surface area contributed by atoms with E-state index in [0.29, 0.717) is 22.5 Å². The Labute approximate surface area is 95.7 Å². The molecule has 0 aliphatic carbocycles. The van der Waals surface area contributed by atoms with E-state index in [1.165, 1.54) is 11.3 Å². The molecular formula is C9H8ClN3OS. The molecule has 0 spiro atoms. The summed E-state index contributed by atoms with van der Waals surface area (Å²) in [5.41, 5.74) is 6.29. The lowest BCUT2D eigenvalue weighted by molar-refractivity contribution is 0.301. The largest absolute Gasteiger partial charge is 0.486 e. The van der Waals surface area contributed by atoms with Gasteiger partial charge in [-0.15, -0.1) is 11.3 Å². The van der Waals surface area contributed by atoms with Crippen LogP contribution >= 0.6 is 22.9 Å². The fourth-order valence-electron chi connectivity index (χ4n) is 1.02. The molecule has 4 nitrogen and oxygen atoms in total. The second-order valence-electron chi connectivity index (χ2n) is 2.80. The van der Waals surface area contributed by atoms with Crippen molar-refractivity contribution in [2.24, 2.45) is 0 Å². The highest BCUT2D eigenvalue weighted by Gasteiger charge is 2.00. The predicted molar refractivity (Wildman–Crippen MR) is 60.1 cm³/mol. The van der Waals surface area contributed by atoms with E-state index in [1.807, 2.05) is 5.38 Å². The summed E-state index contributed by atoms with van der Waals surface area (Å²) in [6.45, 7) is 0.371. The minimum absolute atomic E-state index is 0.371. The Morgan fingerprint density at radius 2 is 2.33 bits per heavy atom. The molecular weight excluding hydrogens is 234 g/mol. The Morgan fingerprint density at radius 1 is 1.47 bits per heavy atom. The van der Waals surface area contributed by atoms with Gasteiger partial charge in [0.15, 0.2) is 5.13 Å². The number of hydrogen-bond acceptors (Lipinski definition) is 5. The van der Waals surface area contributed by atoms with E-state index in [1.54, 1.807) is 18.5 Å². The third-order valence-electron chi connectivity index (χ3n) is 1.64. The van der Waals surface area contributed by atoms with Gasteiger partial charge in [0, 0.05) is 17.6 Å². The van der Waals surface area contributed by atoms with Gasteiger partial charge in [0.25, 0.3) is 0 Å². The van der Waals surface area contributed by atoms with Gasteiger partial charge in [-0.25, -0.2) is 4.98 Å². The zero-order chi connectivity index (χ0) is 10.7. The van der Waals surface area contributed by atoms with Crippen LogP contribution in [-0.4, -0.2) is 9.97 Å². The second kappa shape index (κ2) is 4.46. The predicted octanol–water partition coefficient (Wildman–Crippen LogP) is 2.35. The van der Waals surface area contributed by atoms with Gasteiger partial charge < -0.3 is 10.5 Å². The summed E-state index contributed by atoms with van der Waals surface area (Å²) in [6, 6.07) is 1.70. The molecule has 2 aromatic heterocycles. The number of nitrogens with two attached hydrogens (primary N) is 1. The SMILES string of the molecule is Nc1nc(COc2cncc(Cl)c2)cs1. The summed E-state index contributed by atoms with van der Waals surface area (Å²) in [4.78, 5) is 7.97. The van der Waals surface area contributed by atoms with E-state index in [0.717, 1.165) is 5.69 Å². The number of ether oxygens (including phenoxy) is 1. The molecule has 0 atom stereocenters. The third kappa shape index (κ3) is 2.81. The molecule has 15 heavy (non-hydrogen) atoms. The van der Waals surface area contributed by atoms with Crippen LogP contribution < -0.4 is 10.5 Å². The van der Waals surface area contributed by atoms with Crippen molar-refractivity contribution in [2.75, 3.05) is 5.73 Å². The van der Waals surface area contributed by atoms with E-state index < -0.39 is 0 Å². The maximum atomic E-state index is 5.75. The highest BCUT2D eigenvalue weighted by Crippen LogP contribution is 2.17. The molecule has 0 aromatic carbocycles. The van der Waals surface area contributed by atoms with Crippen LogP contribution in [0.2, 0.25) is 5.02 Å². The Balaban J connectivity index is 1.99. The molecule has 0 saturated heterocycles. The molecule has 78 valence electrons. The van der Waals surface area contributed by atoms with Crippen LogP contribution in [0, 0.1) is 0 Å². The molecule has 0 bridgehead atoms. The lowest BCUT2D eigenvalue weighted by Crippen LogP contribution is -1.96. The molecule has 2 N–H and O–H groups in total. The van der Waals surface area contributed by atoms with Gasteiger partial charge in [-0.3, -0.25) is 4.98 Å². The maximum absolute atomic E-state index is 5.75. The molecule has 0 amide bonds. The molecule has 6 heteroatoms. The summed E-state index contributed by atoms with van der Waals surface area (Å²) in [7, 11) is 0. The van der Waals surface area contributed by atoms with Gasteiger partial charge in [0.1, 0.15) is 12.4 Å². The average molecular weight is 242 g/mol. The fraction of sp³-hybridized carbons (Fsp3) is 0.111. The van der Waals surface area contributed by atoms with Crippen LogP contribution in [-0.2, 0) is 6.61 Å². The summed E-state index contributed by atoms with van der Waals surface area (Å²) in [5, 5.41) is 2.94. The van der Waals surface area contributed by atoms with Crippen LogP contribution in [0.15, 0.2) is 23.8 Å². The second-order valence-corrected chi connectivity index (χ2v) is 4.13. The highest BCUT2D eigenvalue weighted by atomic mass is 35.5. The molecule has 0 fully saturated rings. The first-order valence-electron chi connectivity index (χ1n) is 4.17. The third-order valence-corrected chi connectivity index (χ3v) is 2.57. The maximum Gasteiger partial charge on any atom is 0.180 e. The monoisotopic (exact) mass is 241 g/mol. The fourth-order valence-corrected chi connectivity index (χ4v) is 1.73. The number of rotatable bonds is 3. The summed E-state index contributed by atoms with van der Waals surface area (Å²) in [5.74, 6) is 0.620. The Morgan fingerprint density at radius 3 is 3.00 bits per heavy atom. The molecule has 0 unspecified atom stereocenters. The number of aromatic nitrogens is 2. The Hall–Kier alpha value is -1.33. The zero-order valence-corrected chi connectivity index (χ0v) is 9.26. The number of pyridine rings is 1. The van der Waals surface area contributed by atoms with Crippen molar-refractivity contribution in [1.29, 1.82) is 0 Å². The topological polar surface area (TPSA) is 61.0 Å². The van der Waals surface area contributed by atoms with Crippen molar-refractivity contribution in [2.45, 2.75) is 6.61 Å². The highest BCUT2D eigenvalue weighted by molar-refractivity contribution is 7.13. The van der Waals surface area contributed by atoms with Crippen molar-refractivity contribution in [1.82, 2.24) is 9.97 Å². The molecule has 0 saturated carbocycles. The molecule has 0 aliphatic rings. The van der Waals surface area contributed by atoms with Gasteiger partial charge in [-0.2, -0.15) is 0 Å². The lowest BCUT2D eigenvalue weighted by Gasteiger charge is -2.03. The first kappa shape index (κ1) is 10.2. The van der Waals surface area contributed by atoms with Gasteiger partial charge in [0.05, 0.1) is 16.9 Å². The molecule has 2 aromatic rings. The average Bonchev–Trinajstić information content (AvgIpc) is 2.62. The number of halogens is 1. The van der Waals surface area contributed by atoms with Crippen LogP contribution in [0.25, 0.3) is 0 Å². The van der Waals surface area contributed by atoms with Gasteiger partial charge >= 0.3 is 0 Å². The quantitative estimate of drug-likeness (QED) is 0.896. The number of thiazole rings is 1. The molecule has 2 heterocycles. The summed E-state index contributed by atoms with van der Waals surface area (Å²) < 4.78 is 5.43. The summed E-state index contributed by atoms with van der Waals surface area (Å²) >= 11 is 7.14. The first-order valence-corrected chi connectivity index (χ1v) is 5.43. The van der Waals surface area contributed by atoms with Crippen LogP contribution in [0.4, 0.5) is 5.13 Å². The van der Waals surface area contributed by atoms with E-state index >= 15 is 0 Å². The molecule has 2 rings (SSSR count). The van der Waals surface area contributed by atoms with Crippen molar-refractivity contribution < 1.29 is 4.74 Å². The van der Waals surface area contributed by atoms with E-state index in [4.69, 9.17) is 22.1 Å². The van der Waals surface area contributed by atoms with Crippen molar-refractivity contribution in [3.05, 3.63) is 34.6 Å². The van der Waals surface area contributed by atoms with Gasteiger partial charge in [-0.1, -0.05) is 11.6 Å². The van der Waals surface area contributed by atoms with Gasteiger partial charge in [-0.05, 0) is 0 Å². The lowest BCUT2D eigenvalue weighted by atomic mass is 10.4. The Bertz CT molecular complexity index is 460. The van der Waals surface area contributed by atoms with E-state index in [2.05, 4.69) is 9.97 Å². The van der Waals surface area contributed by atoms with E-state index in [9.17, 15) is 0 Å². The number of nitrogens with zero attached hydrogens (tertiary/aromatic N) is 2. The van der Waals surface area contributed by atoms with Crippen LogP contribution in [0.3, 0.4) is 0 Å². The standard InChI is InChI=1S/C9H8ClN3OS/c10-6-1-8(3-12-2-6)14-4-7-5-15-9(11)13-7/h1-3,5H,4H2,(H2,11,13). The number of anilines is 1. The van der Waals surface area contributed by atoms with Crippen molar-refractivity contribution in [3.8, 4) is 5.75 Å². The number of hydrogen-bond donors (Lipinski definition) is 1. The first-order chi connectivity index (χ1) is 7.24. The number of nitrogen functional groups attached to an aromatic ring is 1. The molecule has 0 radical (unpaired) electrons. The van der Waals surface area contributed by atoms with Crippen LogP contribution in [0.5, 0.6) is 5.75 Å². The van der Waals surface area contributed by atoms with Crippen molar-refractivity contribution in [3.63, 3.8) is 0 Å². The van der Waals surface area contributed by atoms with Crippen molar-refractivity contribution >= 4 is 28.1 Å². The smallest absolute Gasteiger partial charge is 0.180 e. The minimum atomic E-state index is 0.371.